The topological polar surface area (TPSA) is 136 Å². The summed E-state index contributed by atoms with van der Waals surface area (Å²) in [7, 11) is -3.46. The van der Waals surface area contributed by atoms with Gasteiger partial charge >= 0.3 is 13.8 Å². The number of methoxy groups -OCH3 is 1. The maximum Gasteiger partial charge on any atom is 0.524 e. The molecule has 1 rings (SSSR count). The summed E-state index contributed by atoms with van der Waals surface area (Å²) in [4.78, 5) is 28.0. The Bertz CT molecular complexity index is 528. The fraction of sp³-hybridized carbons (Fsp3) is 0.300. The number of benzene rings is 1. The number of hydrogen-bond acceptors (Lipinski definition) is 5. The molecule has 0 saturated carbocycles. The third-order valence-electron chi connectivity index (χ3n) is 2.06. The zero-order valence-corrected chi connectivity index (χ0v) is 12.1. The average molecular weight is 324 g/mol. The number of aliphatic carboxylic acids is 1. The zero-order valence-electron chi connectivity index (χ0n) is 10.4. The van der Waals surface area contributed by atoms with Crippen LogP contribution in [0.5, 0.6) is 11.5 Å². The van der Waals surface area contributed by atoms with Gasteiger partial charge in [-0.05, 0) is 23.3 Å². The predicted molar refractivity (Wildman–Crippen MR) is 70.0 cm³/mol. The summed E-state index contributed by atoms with van der Waals surface area (Å²) in [5.41, 5.74) is 0.411. The van der Waals surface area contributed by atoms with Crippen molar-refractivity contribution in [3.63, 3.8) is 0 Å². The second kappa shape index (κ2) is 6.96. The first kappa shape index (κ1) is 16.8. The molecular weight excluding hydrogens is 311 g/mol. The highest BCUT2D eigenvalue weighted by molar-refractivity contribution is 7.91. The van der Waals surface area contributed by atoms with Gasteiger partial charge in [-0.3, -0.25) is 9.79 Å². The number of carbonyl (C=O) groups is 1. The van der Waals surface area contributed by atoms with Crippen molar-refractivity contribution in [1.82, 2.24) is 0 Å². The van der Waals surface area contributed by atoms with Crippen LogP contribution in [0.25, 0.3) is 0 Å². The van der Waals surface area contributed by atoms with Gasteiger partial charge in [-0.25, -0.2) is 9.36 Å². The monoisotopic (exact) mass is 324 g/mol. The van der Waals surface area contributed by atoms with Gasteiger partial charge < -0.3 is 18.9 Å². The van der Waals surface area contributed by atoms with Gasteiger partial charge in [0, 0.05) is 5.56 Å². The predicted octanol–water partition coefficient (Wildman–Crippen LogP) is 0.500. The molecule has 8 nitrogen and oxygen atoms in total. The Kier molecular flexibility index (Phi) is 5.85. The highest BCUT2D eigenvalue weighted by atomic mass is 32.2. The first-order valence-electron chi connectivity index (χ1n) is 5.20. The number of rotatable bonds is 7. The fourth-order valence-corrected chi connectivity index (χ4v) is 2.71. The highest BCUT2D eigenvalue weighted by Crippen LogP contribution is 2.42. The molecule has 112 valence electrons. The molecule has 0 aromatic heterocycles. The summed E-state index contributed by atoms with van der Waals surface area (Å²) < 4.78 is 31.6. The van der Waals surface area contributed by atoms with Crippen molar-refractivity contribution in [3.05, 3.63) is 23.8 Å². The van der Waals surface area contributed by atoms with Crippen LogP contribution in [0.3, 0.4) is 0 Å². The molecule has 0 amide bonds. The van der Waals surface area contributed by atoms with E-state index in [0.717, 1.165) is 0 Å². The summed E-state index contributed by atoms with van der Waals surface area (Å²) in [6.45, 7) is 0. The molecule has 0 aliphatic carbocycles. The summed E-state index contributed by atoms with van der Waals surface area (Å²) >= 11 is -1.63. The van der Waals surface area contributed by atoms with E-state index < -0.39 is 30.7 Å². The van der Waals surface area contributed by atoms with Crippen molar-refractivity contribution >= 4 is 25.0 Å². The van der Waals surface area contributed by atoms with Crippen LogP contribution in [0, 0.1) is 0 Å². The lowest BCUT2D eigenvalue weighted by Crippen LogP contribution is -2.17. The standard InChI is InChI=1S/C10H13O8PS/c1-17-8-3-2-7(5-20(16)6-10(11)12)4-9(8)18-19(13,14)15/h2-4H,5-6H2,1H3,(H,11,12)(H2,13,14,15). The Balaban J connectivity index is 2.92. The number of phosphoric ester groups is 1. The van der Waals surface area contributed by atoms with Crippen LogP contribution < -0.4 is 9.26 Å². The van der Waals surface area contributed by atoms with E-state index >= 15 is 0 Å². The molecule has 0 radical (unpaired) electrons. The molecule has 20 heavy (non-hydrogen) atoms. The molecule has 1 aromatic carbocycles. The molecule has 0 spiro atoms. The van der Waals surface area contributed by atoms with Gasteiger partial charge in [0.2, 0.25) is 5.75 Å². The van der Waals surface area contributed by atoms with Crippen LogP contribution in [0.15, 0.2) is 18.2 Å². The number of phosphoric acid groups is 1. The SMILES string of the molecule is COc1ccc(C[S+]([O-])CC(=O)O)cc1OP(=O)(O)O. The van der Waals surface area contributed by atoms with E-state index in [1.807, 2.05) is 0 Å². The van der Waals surface area contributed by atoms with Gasteiger partial charge in [0.05, 0.1) is 7.11 Å². The number of ether oxygens (including phenoxy) is 1. The van der Waals surface area contributed by atoms with E-state index in [1.165, 1.54) is 25.3 Å². The fourth-order valence-electron chi connectivity index (χ4n) is 1.38. The van der Waals surface area contributed by atoms with Crippen molar-refractivity contribution in [1.29, 1.82) is 0 Å². The summed E-state index contributed by atoms with van der Waals surface area (Å²) in [6.07, 6.45) is 0. The molecule has 0 heterocycles. The molecule has 10 heteroatoms. The van der Waals surface area contributed by atoms with Crippen LogP contribution in [-0.2, 0) is 26.3 Å². The minimum atomic E-state index is -4.75. The van der Waals surface area contributed by atoms with Crippen molar-refractivity contribution in [2.45, 2.75) is 5.75 Å². The van der Waals surface area contributed by atoms with Crippen LogP contribution in [-0.4, -0.2) is 38.3 Å². The Labute approximate surface area is 117 Å². The summed E-state index contributed by atoms with van der Waals surface area (Å²) in [6, 6.07) is 4.14. The molecule has 1 atom stereocenters. The number of hydrogen-bond donors (Lipinski definition) is 3. The molecule has 3 N–H and O–H groups in total. The molecular formula is C10H13O8PS. The Hall–Kier alpha value is -1.25. The molecule has 0 bridgehead atoms. The van der Waals surface area contributed by atoms with Gasteiger partial charge in [-0.1, -0.05) is 6.07 Å². The minimum Gasteiger partial charge on any atom is -0.616 e. The lowest BCUT2D eigenvalue weighted by molar-refractivity contribution is -0.134. The maximum absolute atomic E-state index is 11.5. The van der Waals surface area contributed by atoms with Crippen molar-refractivity contribution in [3.8, 4) is 11.5 Å². The highest BCUT2D eigenvalue weighted by Gasteiger charge is 2.20. The van der Waals surface area contributed by atoms with Crippen molar-refractivity contribution in [2.24, 2.45) is 0 Å². The van der Waals surface area contributed by atoms with Crippen molar-refractivity contribution in [2.75, 3.05) is 12.9 Å². The molecule has 0 aliphatic heterocycles. The van der Waals surface area contributed by atoms with Gasteiger partial charge in [0.15, 0.2) is 11.5 Å². The van der Waals surface area contributed by atoms with Crippen LogP contribution in [0.2, 0.25) is 0 Å². The molecule has 0 aliphatic rings. The first-order chi connectivity index (χ1) is 9.21. The van der Waals surface area contributed by atoms with E-state index in [0.29, 0.717) is 5.56 Å². The van der Waals surface area contributed by atoms with E-state index in [9.17, 15) is 13.9 Å². The van der Waals surface area contributed by atoms with E-state index in [1.54, 1.807) is 0 Å². The van der Waals surface area contributed by atoms with E-state index in [-0.39, 0.29) is 17.3 Å². The van der Waals surface area contributed by atoms with Gasteiger partial charge in [-0.15, -0.1) is 0 Å². The van der Waals surface area contributed by atoms with Crippen LogP contribution in [0.1, 0.15) is 5.56 Å². The quantitative estimate of drug-likeness (QED) is 0.487. The zero-order chi connectivity index (χ0) is 15.3. The van der Waals surface area contributed by atoms with Gasteiger partial charge in [-0.2, -0.15) is 0 Å². The molecule has 1 unspecified atom stereocenters. The second-order valence-electron chi connectivity index (χ2n) is 3.69. The average Bonchev–Trinajstić information content (AvgIpc) is 2.25. The first-order valence-corrected chi connectivity index (χ1v) is 8.22. The molecule has 0 fully saturated rings. The second-order valence-corrected chi connectivity index (χ2v) is 6.31. The van der Waals surface area contributed by atoms with Crippen LogP contribution in [0.4, 0.5) is 0 Å². The Morgan fingerprint density at radius 3 is 2.55 bits per heavy atom. The lowest BCUT2D eigenvalue weighted by Gasteiger charge is -2.13. The Morgan fingerprint density at radius 1 is 1.40 bits per heavy atom. The third-order valence-corrected chi connectivity index (χ3v) is 3.72. The summed E-state index contributed by atoms with van der Waals surface area (Å²) in [5, 5.41) is 8.51. The number of carboxylic acids is 1. The maximum atomic E-state index is 11.5. The lowest BCUT2D eigenvalue weighted by atomic mass is 10.2. The Morgan fingerprint density at radius 2 is 2.05 bits per heavy atom. The largest absolute Gasteiger partial charge is 0.616 e. The van der Waals surface area contributed by atoms with Gasteiger partial charge in [0.25, 0.3) is 0 Å². The van der Waals surface area contributed by atoms with E-state index in [4.69, 9.17) is 19.6 Å². The third kappa shape index (κ3) is 5.81. The van der Waals surface area contributed by atoms with Crippen molar-refractivity contribution < 1.29 is 38.1 Å². The van der Waals surface area contributed by atoms with E-state index in [2.05, 4.69) is 4.52 Å². The number of carboxylic acid groups (broad SMARTS) is 1. The smallest absolute Gasteiger partial charge is 0.524 e. The molecule has 0 saturated heterocycles. The van der Waals surface area contributed by atoms with Gasteiger partial charge in [0.1, 0.15) is 5.75 Å². The molecule has 1 aromatic rings. The normalized spacial score (nSPS) is 12.8. The minimum absolute atomic E-state index is 0.0756. The van der Waals surface area contributed by atoms with Crippen LogP contribution >= 0.6 is 7.82 Å². The summed E-state index contributed by atoms with van der Waals surface area (Å²) in [5.74, 6) is -1.88.